The third-order valence-corrected chi connectivity index (χ3v) is 3.95. The van der Waals surface area contributed by atoms with Crippen LogP contribution in [0.15, 0.2) is 22.6 Å². The second kappa shape index (κ2) is 4.92. The minimum atomic E-state index is -4.09. The van der Waals surface area contributed by atoms with E-state index in [4.69, 9.17) is 4.55 Å². The molecule has 0 aromatic carbocycles. The van der Waals surface area contributed by atoms with Crippen LogP contribution in [0.3, 0.4) is 0 Å². The molecule has 4 nitrogen and oxygen atoms in total. The molecular weight excluding hydrogens is 238 g/mol. The Morgan fingerprint density at radius 2 is 1.94 bits per heavy atom. The highest BCUT2D eigenvalue weighted by molar-refractivity contribution is 7.90. The minimum Gasteiger partial charge on any atom is -0.287 e. The minimum absolute atomic E-state index is 0.00944. The molecular formula is C12H17NO3S. The summed E-state index contributed by atoms with van der Waals surface area (Å²) in [4.78, 5) is -0.00944. The number of hydrogen-bond donors (Lipinski definition) is 2. The van der Waals surface area contributed by atoms with Gasteiger partial charge in [0.25, 0.3) is 10.1 Å². The van der Waals surface area contributed by atoms with Crippen molar-refractivity contribution >= 4 is 10.1 Å². The molecule has 0 fully saturated rings. The van der Waals surface area contributed by atoms with Crippen LogP contribution in [0, 0.1) is 12.1 Å². The van der Waals surface area contributed by atoms with Gasteiger partial charge in [0.15, 0.2) is 0 Å². The molecule has 0 aliphatic carbocycles. The van der Waals surface area contributed by atoms with Gasteiger partial charge in [0, 0.05) is 0 Å². The monoisotopic (exact) mass is 255 g/mol. The SMILES string of the molecule is CCCCCCC1=C[C]2N[C]1C=C2S(=O)(=O)O. The Morgan fingerprint density at radius 3 is 2.47 bits per heavy atom. The fourth-order valence-corrected chi connectivity index (χ4v) is 2.80. The molecule has 2 bridgehead atoms. The molecule has 2 N–H and O–H groups in total. The summed E-state index contributed by atoms with van der Waals surface area (Å²) in [7, 11) is -4.09. The normalized spacial score (nSPS) is 20.8. The summed E-state index contributed by atoms with van der Waals surface area (Å²) >= 11 is 0. The third kappa shape index (κ3) is 2.78. The largest absolute Gasteiger partial charge is 0.292 e. The molecule has 2 rings (SSSR count). The summed E-state index contributed by atoms with van der Waals surface area (Å²) < 4.78 is 31.0. The zero-order chi connectivity index (χ0) is 12.5. The van der Waals surface area contributed by atoms with Crippen LogP contribution in [0.1, 0.15) is 39.0 Å². The molecule has 0 spiro atoms. The Kier molecular flexibility index (Phi) is 3.70. The van der Waals surface area contributed by atoms with Crippen molar-refractivity contribution in [2.24, 2.45) is 0 Å². The van der Waals surface area contributed by atoms with E-state index in [0.29, 0.717) is 6.04 Å². The summed E-state index contributed by atoms with van der Waals surface area (Å²) in [6, 6.07) is 1.33. The summed E-state index contributed by atoms with van der Waals surface area (Å²) in [5.74, 6) is 0. The summed E-state index contributed by atoms with van der Waals surface area (Å²) in [6.45, 7) is 2.17. The molecule has 2 radical (unpaired) electrons. The number of hydrogen-bond acceptors (Lipinski definition) is 3. The first kappa shape index (κ1) is 12.8. The summed E-state index contributed by atoms with van der Waals surface area (Å²) in [5, 5.41) is 2.98. The van der Waals surface area contributed by atoms with Crippen LogP contribution in [0.4, 0.5) is 0 Å². The van der Waals surface area contributed by atoms with E-state index in [2.05, 4.69) is 12.2 Å². The van der Waals surface area contributed by atoms with Crippen molar-refractivity contribution < 1.29 is 13.0 Å². The number of nitrogens with one attached hydrogen (secondary N) is 1. The quantitative estimate of drug-likeness (QED) is 0.564. The molecule has 94 valence electrons. The maximum absolute atomic E-state index is 11.0. The average Bonchev–Trinajstić information content (AvgIpc) is 2.82. The molecule has 0 saturated carbocycles. The van der Waals surface area contributed by atoms with Crippen LogP contribution in [0.25, 0.3) is 0 Å². The zero-order valence-corrected chi connectivity index (χ0v) is 10.7. The fraction of sp³-hybridized carbons (Fsp3) is 0.500. The maximum atomic E-state index is 11.0. The predicted octanol–water partition coefficient (Wildman–Crippen LogP) is 2.34. The van der Waals surface area contributed by atoms with Crippen molar-refractivity contribution in [1.82, 2.24) is 5.32 Å². The van der Waals surface area contributed by atoms with Crippen molar-refractivity contribution in [2.75, 3.05) is 0 Å². The molecule has 2 aliphatic rings. The molecule has 0 atom stereocenters. The Hall–Kier alpha value is -0.650. The van der Waals surface area contributed by atoms with Crippen LogP contribution >= 0.6 is 0 Å². The summed E-state index contributed by atoms with van der Waals surface area (Å²) in [6.07, 6.45) is 9.06. The van der Waals surface area contributed by atoms with Gasteiger partial charge >= 0.3 is 0 Å². The van der Waals surface area contributed by atoms with Gasteiger partial charge in [0.2, 0.25) is 0 Å². The highest BCUT2D eigenvalue weighted by Gasteiger charge is 2.39. The number of rotatable bonds is 6. The van der Waals surface area contributed by atoms with Crippen molar-refractivity contribution in [3.8, 4) is 0 Å². The Balaban J connectivity index is 1.90. The molecule has 2 heterocycles. The number of unbranched alkanes of at least 4 members (excludes halogenated alkanes) is 3. The standard InChI is InChI=1S/C12H17NO3S/c1-2-3-4-5-6-9-7-11-12(17(14,15)16)8-10(9)13-11/h7-8,13H,2-6H2,1H3,(H,14,15,16). The van der Waals surface area contributed by atoms with Gasteiger partial charge in [-0.3, -0.25) is 9.87 Å². The van der Waals surface area contributed by atoms with E-state index in [9.17, 15) is 8.42 Å². The Labute approximate surface area is 103 Å². The van der Waals surface area contributed by atoms with E-state index in [-0.39, 0.29) is 4.91 Å². The maximum Gasteiger partial charge on any atom is 0.292 e. The first-order chi connectivity index (χ1) is 8.02. The van der Waals surface area contributed by atoms with Crippen LogP contribution in [-0.2, 0) is 10.1 Å². The second-order valence-electron chi connectivity index (χ2n) is 4.42. The Bertz CT molecular complexity index is 450. The van der Waals surface area contributed by atoms with Crippen molar-refractivity contribution in [3.05, 3.63) is 34.7 Å². The van der Waals surface area contributed by atoms with Gasteiger partial charge in [0.1, 0.15) is 6.04 Å². The topological polar surface area (TPSA) is 66.4 Å². The van der Waals surface area contributed by atoms with Crippen molar-refractivity contribution in [3.63, 3.8) is 0 Å². The highest BCUT2D eigenvalue weighted by atomic mass is 32.2. The van der Waals surface area contributed by atoms with Gasteiger partial charge in [-0.2, -0.15) is 8.42 Å². The lowest BCUT2D eigenvalue weighted by molar-refractivity contribution is 0.491. The summed E-state index contributed by atoms with van der Waals surface area (Å²) in [5.41, 5.74) is 1.14. The lowest BCUT2D eigenvalue weighted by atomic mass is 9.99. The van der Waals surface area contributed by atoms with Gasteiger partial charge in [-0.25, -0.2) is 0 Å². The molecule has 0 saturated heterocycles. The first-order valence-corrected chi connectivity index (χ1v) is 7.38. The van der Waals surface area contributed by atoms with E-state index >= 15 is 0 Å². The van der Waals surface area contributed by atoms with Crippen LogP contribution in [0.2, 0.25) is 0 Å². The van der Waals surface area contributed by atoms with E-state index in [1.165, 1.54) is 25.3 Å². The molecule has 0 amide bonds. The van der Waals surface area contributed by atoms with Crippen LogP contribution < -0.4 is 5.32 Å². The van der Waals surface area contributed by atoms with Crippen LogP contribution in [0.5, 0.6) is 0 Å². The highest BCUT2D eigenvalue weighted by Crippen LogP contribution is 2.40. The zero-order valence-electron chi connectivity index (χ0n) is 9.86. The molecule has 0 unspecified atom stereocenters. The third-order valence-electron chi connectivity index (χ3n) is 3.05. The second-order valence-corrected chi connectivity index (χ2v) is 5.81. The Morgan fingerprint density at radius 1 is 1.18 bits per heavy atom. The van der Waals surface area contributed by atoms with Crippen LogP contribution in [-0.4, -0.2) is 13.0 Å². The average molecular weight is 255 g/mol. The molecule has 17 heavy (non-hydrogen) atoms. The van der Waals surface area contributed by atoms with Gasteiger partial charge in [0.05, 0.1) is 10.9 Å². The lowest BCUT2D eigenvalue weighted by Crippen LogP contribution is -2.14. The van der Waals surface area contributed by atoms with Gasteiger partial charge in [-0.15, -0.1) is 0 Å². The van der Waals surface area contributed by atoms with E-state index in [1.807, 2.05) is 6.08 Å². The smallest absolute Gasteiger partial charge is 0.287 e. The lowest BCUT2D eigenvalue weighted by Gasteiger charge is -2.09. The van der Waals surface area contributed by atoms with Gasteiger partial charge in [-0.05, 0) is 24.5 Å². The van der Waals surface area contributed by atoms with Gasteiger partial charge in [-0.1, -0.05) is 32.3 Å². The molecule has 2 aliphatic heterocycles. The van der Waals surface area contributed by atoms with E-state index < -0.39 is 10.1 Å². The van der Waals surface area contributed by atoms with E-state index in [0.717, 1.165) is 24.5 Å². The van der Waals surface area contributed by atoms with E-state index in [1.54, 1.807) is 0 Å². The molecule has 5 heteroatoms. The molecule has 0 aromatic rings. The fourth-order valence-electron chi connectivity index (χ4n) is 2.15. The molecule has 0 aromatic heterocycles. The predicted molar refractivity (Wildman–Crippen MR) is 66.1 cm³/mol. The number of fused-ring (bicyclic) bond motifs is 2. The first-order valence-electron chi connectivity index (χ1n) is 5.94. The van der Waals surface area contributed by atoms with Crippen molar-refractivity contribution in [2.45, 2.75) is 39.0 Å². The van der Waals surface area contributed by atoms with Gasteiger partial charge < -0.3 is 0 Å². The van der Waals surface area contributed by atoms with Crippen molar-refractivity contribution in [1.29, 1.82) is 0 Å².